The SMILES string of the molecule is CC[C@@H](Oc1ccc(OC)cc1)C(=O)Nc1ccccc1C(=O)NCc1ccco1. The minimum atomic E-state index is -0.711. The predicted octanol–water partition coefficient (Wildman–Crippen LogP) is 4.01. The van der Waals surface area contributed by atoms with Gasteiger partial charge in [0.05, 0.1) is 31.2 Å². The summed E-state index contributed by atoms with van der Waals surface area (Å²) in [6.45, 7) is 2.11. The molecule has 0 saturated carbocycles. The molecule has 1 aromatic heterocycles. The van der Waals surface area contributed by atoms with Gasteiger partial charge in [-0.05, 0) is 55.0 Å². The van der Waals surface area contributed by atoms with E-state index in [4.69, 9.17) is 13.9 Å². The Labute approximate surface area is 175 Å². The zero-order valence-corrected chi connectivity index (χ0v) is 16.9. The van der Waals surface area contributed by atoms with Crippen molar-refractivity contribution in [1.82, 2.24) is 5.32 Å². The molecular formula is C23H24N2O5. The average Bonchev–Trinajstić information content (AvgIpc) is 3.30. The van der Waals surface area contributed by atoms with Crippen molar-refractivity contribution in [3.63, 3.8) is 0 Å². The molecular weight excluding hydrogens is 384 g/mol. The number of rotatable bonds is 9. The molecule has 3 aromatic rings. The van der Waals surface area contributed by atoms with Gasteiger partial charge in [-0.25, -0.2) is 0 Å². The lowest BCUT2D eigenvalue weighted by Crippen LogP contribution is -2.33. The topological polar surface area (TPSA) is 89.8 Å². The highest BCUT2D eigenvalue weighted by Gasteiger charge is 2.21. The Morgan fingerprint density at radius 2 is 1.73 bits per heavy atom. The van der Waals surface area contributed by atoms with E-state index in [9.17, 15) is 9.59 Å². The van der Waals surface area contributed by atoms with Gasteiger partial charge in [-0.1, -0.05) is 19.1 Å². The maximum absolute atomic E-state index is 12.8. The monoisotopic (exact) mass is 408 g/mol. The summed E-state index contributed by atoms with van der Waals surface area (Å²) in [7, 11) is 1.58. The molecule has 0 aliphatic rings. The van der Waals surface area contributed by atoms with E-state index in [0.29, 0.717) is 34.9 Å². The number of carbonyl (C=O) groups excluding carboxylic acids is 2. The van der Waals surface area contributed by atoms with E-state index < -0.39 is 6.10 Å². The Morgan fingerprint density at radius 3 is 2.40 bits per heavy atom. The first kappa shape index (κ1) is 21.0. The maximum Gasteiger partial charge on any atom is 0.265 e. The highest BCUT2D eigenvalue weighted by Crippen LogP contribution is 2.21. The lowest BCUT2D eigenvalue weighted by atomic mass is 10.1. The van der Waals surface area contributed by atoms with Crippen molar-refractivity contribution >= 4 is 17.5 Å². The molecule has 1 heterocycles. The van der Waals surface area contributed by atoms with Crippen LogP contribution < -0.4 is 20.1 Å². The van der Waals surface area contributed by atoms with Crippen LogP contribution in [0, 0.1) is 0 Å². The van der Waals surface area contributed by atoms with Crippen molar-refractivity contribution in [2.24, 2.45) is 0 Å². The fraction of sp³-hybridized carbons (Fsp3) is 0.217. The maximum atomic E-state index is 12.8. The molecule has 2 aromatic carbocycles. The van der Waals surface area contributed by atoms with Gasteiger partial charge in [0.25, 0.3) is 11.8 Å². The molecule has 0 aliphatic carbocycles. The first-order valence-corrected chi connectivity index (χ1v) is 9.62. The molecule has 0 radical (unpaired) electrons. The zero-order valence-electron chi connectivity index (χ0n) is 16.9. The lowest BCUT2D eigenvalue weighted by Gasteiger charge is -2.18. The Kier molecular flexibility index (Phi) is 7.10. The Hall–Kier alpha value is -3.74. The first-order chi connectivity index (χ1) is 14.6. The minimum Gasteiger partial charge on any atom is -0.497 e. The normalized spacial score (nSPS) is 11.4. The Morgan fingerprint density at radius 1 is 1.00 bits per heavy atom. The van der Waals surface area contributed by atoms with E-state index >= 15 is 0 Å². The molecule has 0 bridgehead atoms. The van der Waals surface area contributed by atoms with E-state index in [-0.39, 0.29) is 18.4 Å². The lowest BCUT2D eigenvalue weighted by molar-refractivity contribution is -0.122. The smallest absolute Gasteiger partial charge is 0.265 e. The second-order valence-electron chi connectivity index (χ2n) is 6.49. The van der Waals surface area contributed by atoms with Crippen molar-refractivity contribution in [1.29, 1.82) is 0 Å². The molecule has 0 saturated heterocycles. The van der Waals surface area contributed by atoms with Crippen LogP contribution in [-0.2, 0) is 11.3 Å². The molecule has 3 rings (SSSR count). The molecule has 0 fully saturated rings. The third-order valence-electron chi connectivity index (χ3n) is 4.43. The van der Waals surface area contributed by atoms with Gasteiger partial charge in [0.2, 0.25) is 0 Å². The summed E-state index contributed by atoms with van der Waals surface area (Å²) < 4.78 is 16.2. The number of methoxy groups -OCH3 is 1. The van der Waals surface area contributed by atoms with Gasteiger partial charge in [-0.15, -0.1) is 0 Å². The number of ether oxygens (including phenoxy) is 2. The van der Waals surface area contributed by atoms with Crippen molar-refractivity contribution in [2.45, 2.75) is 26.0 Å². The molecule has 7 heteroatoms. The summed E-state index contributed by atoms with van der Waals surface area (Å²) in [5.74, 6) is 1.26. The summed E-state index contributed by atoms with van der Waals surface area (Å²) in [5, 5.41) is 5.59. The van der Waals surface area contributed by atoms with Crippen LogP contribution in [0.2, 0.25) is 0 Å². The molecule has 1 atom stereocenters. The standard InChI is InChI=1S/C23H24N2O5/c1-3-21(30-17-12-10-16(28-2)11-13-17)23(27)25-20-9-5-4-8-19(20)22(26)24-15-18-7-6-14-29-18/h4-14,21H,3,15H2,1-2H3,(H,24,26)(H,25,27)/t21-/m1/s1. The van der Waals surface area contributed by atoms with Crippen LogP contribution in [0.15, 0.2) is 71.3 Å². The molecule has 30 heavy (non-hydrogen) atoms. The van der Waals surface area contributed by atoms with Gasteiger partial charge in [0.15, 0.2) is 6.10 Å². The second-order valence-corrected chi connectivity index (χ2v) is 6.49. The highest BCUT2D eigenvalue weighted by molar-refractivity contribution is 6.04. The summed E-state index contributed by atoms with van der Waals surface area (Å²) in [6, 6.07) is 17.4. The van der Waals surface area contributed by atoms with Crippen LogP contribution >= 0.6 is 0 Å². The largest absolute Gasteiger partial charge is 0.497 e. The van der Waals surface area contributed by atoms with E-state index in [1.807, 2.05) is 6.92 Å². The van der Waals surface area contributed by atoms with E-state index in [1.165, 1.54) is 0 Å². The van der Waals surface area contributed by atoms with Gasteiger partial charge in [0.1, 0.15) is 17.3 Å². The second kappa shape index (κ2) is 10.2. The van der Waals surface area contributed by atoms with Crippen LogP contribution in [-0.4, -0.2) is 25.0 Å². The minimum absolute atomic E-state index is 0.256. The fourth-order valence-electron chi connectivity index (χ4n) is 2.82. The van der Waals surface area contributed by atoms with Crippen LogP contribution in [0.1, 0.15) is 29.5 Å². The number of furan rings is 1. The van der Waals surface area contributed by atoms with Crippen molar-refractivity contribution in [2.75, 3.05) is 12.4 Å². The molecule has 2 amide bonds. The van der Waals surface area contributed by atoms with E-state index in [2.05, 4.69) is 10.6 Å². The number of anilines is 1. The summed E-state index contributed by atoms with van der Waals surface area (Å²) in [4.78, 5) is 25.4. The van der Waals surface area contributed by atoms with Gasteiger partial charge in [-0.3, -0.25) is 9.59 Å². The van der Waals surface area contributed by atoms with Crippen LogP contribution in [0.5, 0.6) is 11.5 Å². The van der Waals surface area contributed by atoms with E-state index in [1.54, 1.807) is 74.0 Å². The molecule has 7 nitrogen and oxygen atoms in total. The zero-order chi connectivity index (χ0) is 21.3. The van der Waals surface area contributed by atoms with Crippen LogP contribution in [0.3, 0.4) is 0 Å². The predicted molar refractivity (Wildman–Crippen MR) is 113 cm³/mol. The van der Waals surface area contributed by atoms with Gasteiger partial charge < -0.3 is 24.5 Å². The molecule has 0 unspecified atom stereocenters. The van der Waals surface area contributed by atoms with Gasteiger partial charge in [0, 0.05) is 0 Å². The first-order valence-electron chi connectivity index (χ1n) is 9.62. The number of amides is 2. The van der Waals surface area contributed by atoms with Gasteiger partial charge in [-0.2, -0.15) is 0 Å². The fourth-order valence-corrected chi connectivity index (χ4v) is 2.82. The quantitative estimate of drug-likeness (QED) is 0.558. The van der Waals surface area contributed by atoms with E-state index in [0.717, 1.165) is 0 Å². The Bertz CT molecular complexity index is 968. The third kappa shape index (κ3) is 5.41. The number of benzene rings is 2. The Balaban J connectivity index is 1.66. The summed E-state index contributed by atoms with van der Waals surface area (Å²) >= 11 is 0. The molecule has 0 spiro atoms. The number of nitrogens with one attached hydrogen (secondary N) is 2. The van der Waals surface area contributed by atoms with Crippen LogP contribution in [0.25, 0.3) is 0 Å². The number of para-hydroxylation sites is 1. The van der Waals surface area contributed by atoms with Crippen molar-refractivity contribution < 1.29 is 23.5 Å². The number of hydrogen-bond acceptors (Lipinski definition) is 5. The van der Waals surface area contributed by atoms with Crippen molar-refractivity contribution in [3.05, 3.63) is 78.3 Å². The average molecular weight is 408 g/mol. The molecule has 0 aliphatic heterocycles. The highest BCUT2D eigenvalue weighted by atomic mass is 16.5. The third-order valence-corrected chi connectivity index (χ3v) is 4.43. The summed E-state index contributed by atoms with van der Waals surface area (Å²) in [6.07, 6.45) is 1.30. The number of carbonyl (C=O) groups is 2. The molecule has 2 N–H and O–H groups in total. The van der Waals surface area contributed by atoms with Crippen LogP contribution in [0.4, 0.5) is 5.69 Å². The van der Waals surface area contributed by atoms with Gasteiger partial charge >= 0.3 is 0 Å². The number of hydrogen-bond donors (Lipinski definition) is 2. The summed E-state index contributed by atoms with van der Waals surface area (Å²) in [5.41, 5.74) is 0.771. The van der Waals surface area contributed by atoms with Crippen molar-refractivity contribution in [3.8, 4) is 11.5 Å². The molecule has 156 valence electrons.